The molecule has 20 heavy (non-hydrogen) atoms. The third-order valence-corrected chi connectivity index (χ3v) is 4.34. The van der Waals surface area contributed by atoms with Gasteiger partial charge in [-0.15, -0.1) is 0 Å². The molecular formula is C19H40Y-2. The average Bonchev–Trinajstić information content (AvgIpc) is 2.35. The van der Waals surface area contributed by atoms with Crippen LogP contribution >= 0.6 is 0 Å². The van der Waals surface area contributed by atoms with Crippen molar-refractivity contribution in [3.05, 3.63) is 14.4 Å². The topological polar surface area (TPSA) is 0 Å². The molecule has 0 amide bonds. The van der Waals surface area contributed by atoms with Crippen LogP contribution < -0.4 is 0 Å². The van der Waals surface area contributed by atoms with Crippen LogP contribution in [0, 0.1) is 32.1 Å². The van der Waals surface area contributed by atoms with E-state index >= 15 is 0 Å². The van der Waals surface area contributed by atoms with E-state index in [1.807, 2.05) is 0 Å². The molecule has 0 heterocycles. The Morgan fingerprint density at radius 3 is 1.75 bits per heavy atom. The van der Waals surface area contributed by atoms with E-state index in [-0.39, 0.29) is 40.1 Å². The molecular weight excluding hydrogens is 317 g/mol. The molecule has 0 nitrogen and oxygen atoms in total. The fourth-order valence-electron chi connectivity index (χ4n) is 2.77. The zero-order valence-electron chi connectivity index (χ0n) is 15.1. The summed E-state index contributed by atoms with van der Waals surface area (Å²) in [5, 5.41) is 0. The predicted molar refractivity (Wildman–Crippen MR) is 91.1 cm³/mol. The molecule has 0 aliphatic rings. The smallest absolute Gasteiger partial charge is 0 e. The van der Waals surface area contributed by atoms with Crippen molar-refractivity contribution >= 4 is 0 Å². The number of rotatable bonds is 12. The second-order valence-electron chi connectivity index (χ2n) is 6.59. The van der Waals surface area contributed by atoms with Crippen molar-refractivity contribution in [2.45, 2.75) is 91.9 Å². The minimum atomic E-state index is 0. The minimum absolute atomic E-state index is 0. The molecule has 0 saturated carbocycles. The van der Waals surface area contributed by atoms with E-state index < -0.39 is 0 Å². The van der Waals surface area contributed by atoms with Gasteiger partial charge in [-0.2, -0.15) is 6.42 Å². The van der Waals surface area contributed by atoms with E-state index in [1.54, 1.807) is 0 Å². The minimum Gasteiger partial charge on any atom is -0.358 e. The summed E-state index contributed by atoms with van der Waals surface area (Å²) >= 11 is 0. The monoisotopic (exact) mass is 357 g/mol. The second-order valence-corrected chi connectivity index (χ2v) is 6.59. The molecule has 0 aromatic heterocycles. The van der Waals surface area contributed by atoms with Gasteiger partial charge >= 0.3 is 0 Å². The Labute approximate surface area is 156 Å². The summed E-state index contributed by atoms with van der Waals surface area (Å²) in [6.07, 6.45) is 13.8. The Morgan fingerprint density at radius 2 is 1.25 bits per heavy atom. The summed E-state index contributed by atoms with van der Waals surface area (Å²) < 4.78 is 0. The molecule has 1 heteroatoms. The van der Waals surface area contributed by atoms with E-state index in [9.17, 15) is 0 Å². The van der Waals surface area contributed by atoms with Gasteiger partial charge in [0.2, 0.25) is 0 Å². The number of hydrogen-bond donors (Lipinski definition) is 0. The summed E-state index contributed by atoms with van der Waals surface area (Å²) in [5.41, 5.74) is 0. The fourth-order valence-corrected chi connectivity index (χ4v) is 2.77. The Kier molecular flexibility index (Phi) is 23.6. The first-order valence-corrected chi connectivity index (χ1v) is 8.39. The van der Waals surface area contributed by atoms with Gasteiger partial charge in [0.25, 0.3) is 0 Å². The Balaban J connectivity index is -0.00000144. The quantitative estimate of drug-likeness (QED) is 0.258. The van der Waals surface area contributed by atoms with Gasteiger partial charge in [0.15, 0.2) is 0 Å². The normalized spacial score (nSPS) is 14.8. The van der Waals surface area contributed by atoms with Crippen LogP contribution in [0.4, 0.5) is 0 Å². The van der Waals surface area contributed by atoms with Gasteiger partial charge in [-0.3, -0.25) is 0 Å². The van der Waals surface area contributed by atoms with E-state index in [2.05, 4.69) is 34.6 Å². The summed E-state index contributed by atoms with van der Waals surface area (Å²) in [4.78, 5) is 0. The van der Waals surface area contributed by atoms with Gasteiger partial charge in [0.05, 0.1) is 0 Å². The summed E-state index contributed by atoms with van der Waals surface area (Å²) in [6, 6.07) is 0. The summed E-state index contributed by atoms with van der Waals surface area (Å²) in [6.45, 7) is 13.5. The van der Waals surface area contributed by atoms with E-state index in [1.165, 1.54) is 57.8 Å². The molecule has 0 aromatic rings. The van der Waals surface area contributed by atoms with Gasteiger partial charge in [-0.1, -0.05) is 79.1 Å². The van der Waals surface area contributed by atoms with Crippen molar-refractivity contribution in [2.24, 2.45) is 17.8 Å². The molecule has 0 spiro atoms. The number of hydrogen-bond acceptors (Lipinski definition) is 0. The van der Waals surface area contributed by atoms with Gasteiger partial charge in [-0.25, -0.2) is 0 Å². The van der Waals surface area contributed by atoms with Crippen LogP contribution in [0.3, 0.4) is 0 Å². The number of unbranched alkanes of at least 4 members (excludes halogenated alkanes) is 3. The Bertz CT molecular complexity index is 167. The van der Waals surface area contributed by atoms with Crippen LogP contribution in [0.1, 0.15) is 91.9 Å². The van der Waals surface area contributed by atoms with Crippen LogP contribution in [0.2, 0.25) is 0 Å². The van der Waals surface area contributed by atoms with Gasteiger partial charge in [0.1, 0.15) is 0 Å². The molecule has 0 N–H and O–H groups in total. The van der Waals surface area contributed by atoms with Crippen LogP contribution in [-0.4, -0.2) is 0 Å². The predicted octanol–water partition coefficient (Wildman–Crippen LogP) is 7.10. The van der Waals surface area contributed by atoms with Crippen LogP contribution in [-0.2, 0) is 32.7 Å². The molecule has 3 atom stereocenters. The zero-order chi connectivity index (χ0) is 13.8. The van der Waals surface area contributed by atoms with Crippen molar-refractivity contribution in [3.8, 4) is 0 Å². The standard InChI is InChI=1S/C18H37.CH3.Y/c1-6-8-12-17(4)13-10-9-11-14-18(5)15-16(3)7-2;;/h16-18H,1,6-15H2,2-5H3;1H3;/q2*-1;. The molecule has 0 aromatic carbocycles. The van der Waals surface area contributed by atoms with Crippen LogP contribution in [0.15, 0.2) is 0 Å². The molecule has 0 aliphatic heterocycles. The third-order valence-electron chi connectivity index (χ3n) is 4.34. The summed E-state index contributed by atoms with van der Waals surface area (Å²) in [5.74, 6) is 2.77. The Hall–Kier alpha value is 1.10. The first-order valence-electron chi connectivity index (χ1n) is 8.39. The Morgan fingerprint density at radius 1 is 0.750 bits per heavy atom. The maximum atomic E-state index is 3.92. The SMILES string of the molecule is [CH2-]CCCC(C)CCCCCC(C)CC(C)CC.[CH3-].[Y]. The van der Waals surface area contributed by atoms with Crippen LogP contribution in [0.5, 0.6) is 0 Å². The van der Waals surface area contributed by atoms with Crippen molar-refractivity contribution in [3.63, 3.8) is 0 Å². The first kappa shape index (κ1) is 26.0. The van der Waals surface area contributed by atoms with Crippen molar-refractivity contribution in [2.75, 3.05) is 0 Å². The van der Waals surface area contributed by atoms with E-state index in [4.69, 9.17) is 0 Å². The average molecular weight is 357 g/mol. The third kappa shape index (κ3) is 17.2. The molecule has 0 saturated heterocycles. The van der Waals surface area contributed by atoms with Crippen molar-refractivity contribution < 1.29 is 32.7 Å². The van der Waals surface area contributed by atoms with Crippen molar-refractivity contribution in [1.29, 1.82) is 0 Å². The second kappa shape index (κ2) is 18.2. The molecule has 121 valence electrons. The maximum absolute atomic E-state index is 3.92. The first-order chi connectivity index (χ1) is 8.60. The van der Waals surface area contributed by atoms with Crippen molar-refractivity contribution in [1.82, 2.24) is 0 Å². The molecule has 0 bridgehead atoms. The summed E-state index contributed by atoms with van der Waals surface area (Å²) in [7, 11) is 0. The molecule has 1 radical (unpaired) electrons. The maximum Gasteiger partial charge on any atom is 0 e. The van der Waals surface area contributed by atoms with Gasteiger partial charge in [0, 0.05) is 32.7 Å². The molecule has 0 aliphatic carbocycles. The van der Waals surface area contributed by atoms with Crippen LogP contribution in [0.25, 0.3) is 0 Å². The van der Waals surface area contributed by atoms with E-state index in [0.717, 1.165) is 24.2 Å². The molecule has 0 rings (SSSR count). The van der Waals surface area contributed by atoms with E-state index in [0.29, 0.717) is 0 Å². The fraction of sp³-hybridized carbons (Fsp3) is 0.895. The van der Waals surface area contributed by atoms with Gasteiger partial charge < -0.3 is 14.4 Å². The largest absolute Gasteiger partial charge is 0.358 e. The van der Waals surface area contributed by atoms with Gasteiger partial charge in [-0.05, 0) is 24.2 Å². The molecule has 3 unspecified atom stereocenters. The zero-order valence-corrected chi connectivity index (χ0v) is 17.9. The molecule has 0 fully saturated rings.